The smallest absolute Gasteiger partial charge is 0.280 e. The highest BCUT2D eigenvalue weighted by molar-refractivity contribution is 6.05. The summed E-state index contributed by atoms with van der Waals surface area (Å²) in [5.41, 5.74) is 1.93. The van der Waals surface area contributed by atoms with Gasteiger partial charge in [0.25, 0.3) is 5.91 Å². The third kappa shape index (κ3) is 2.01. The van der Waals surface area contributed by atoms with Crippen molar-refractivity contribution in [3.63, 3.8) is 0 Å². The number of carbonyl (C=O) groups excluding carboxylic acids is 1. The number of nitrogens with one attached hydrogen (secondary N) is 1. The quantitative estimate of drug-likeness (QED) is 0.886. The number of nitrogens with zero attached hydrogens (tertiary/aromatic N) is 4. The Hall–Kier alpha value is -2.28. The summed E-state index contributed by atoms with van der Waals surface area (Å²) in [4.78, 5) is 14.1. The van der Waals surface area contributed by atoms with Crippen LogP contribution in [-0.4, -0.2) is 40.5 Å². The molecule has 4 rings (SSSR count). The van der Waals surface area contributed by atoms with Crippen molar-refractivity contribution in [3.05, 3.63) is 41.5 Å². The Morgan fingerprint density at radius 3 is 3.00 bits per heavy atom. The van der Waals surface area contributed by atoms with Gasteiger partial charge in [0.15, 0.2) is 5.69 Å². The molecule has 3 heterocycles. The average Bonchev–Trinajstić information content (AvgIpc) is 3.02. The molecule has 1 aromatic heterocycles. The molecule has 6 nitrogen and oxygen atoms in total. The third-order valence-electron chi connectivity index (χ3n) is 4.05. The molecule has 7 heteroatoms. The highest BCUT2D eigenvalue weighted by Crippen LogP contribution is 2.29. The fraction of sp³-hybridized carbons (Fsp3) is 0.357. The van der Waals surface area contributed by atoms with Crippen LogP contribution >= 0.6 is 0 Å². The Kier molecular flexibility index (Phi) is 2.75. The molecule has 2 aliphatic rings. The van der Waals surface area contributed by atoms with Crippen LogP contribution in [0, 0.1) is 5.82 Å². The number of anilines is 1. The molecule has 2 aromatic rings. The standard InChI is InChI=1S/C14H14FN5O/c15-10-2-1-9-3-4-19(13(9)5-10)14(21)12-8-20(18-17-12)11-6-16-7-11/h1-2,5,8,11,16H,3-4,6-7H2. The molecule has 1 N–H and O–H groups in total. The number of hydrogen-bond donors (Lipinski definition) is 1. The Morgan fingerprint density at radius 1 is 1.38 bits per heavy atom. The lowest BCUT2D eigenvalue weighted by Crippen LogP contribution is -2.43. The summed E-state index contributed by atoms with van der Waals surface area (Å²) in [6, 6.07) is 4.82. The Bertz CT molecular complexity index is 709. The predicted molar refractivity (Wildman–Crippen MR) is 73.7 cm³/mol. The van der Waals surface area contributed by atoms with Crippen molar-refractivity contribution in [2.24, 2.45) is 0 Å². The highest BCUT2D eigenvalue weighted by atomic mass is 19.1. The van der Waals surface area contributed by atoms with Gasteiger partial charge in [-0.2, -0.15) is 0 Å². The van der Waals surface area contributed by atoms with Gasteiger partial charge in [0, 0.05) is 19.6 Å². The first kappa shape index (κ1) is 12.5. The summed E-state index contributed by atoms with van der Waals surface area (Å²) in [5, 5.41) is 11.1. The number of amides is 1. The first-order valence-electron chi connectivity index (χ1n) is 6.95. The number of benzene rings is 1. The molecular weight excluding hydrogens is 273 g/mol. The molecule has 0 aliphatic carbocycles. The number of halogens is 1. The number of fused-ring (bicyclic) bond motifs is 1. The Labute approximate surface area is 120 Å². The normalized spacial score (nSPS) is 17.7. The van der Waals surface area contributed by atoms with Crippen molar-refractivity contribution in [1.82, 2.24) is 20.3 Å². The third-order valence-corrected chi connectivity index (χ3v) is 4.05. The largest absolute Gasteiger partial charge is 0.312 e. The van der Waals surface area contributed by atoms with Crippen molar-refractivity contribution in [3.8, 4) is 0 Å². The van der Waals surface area contributed by atoms with E-state index in [0.717, 1.165) is 25.1 Å². The van der Waals surface area contributed by atoms with Crippen molar-refractivity contribution in [1.29, 1.82) is 0 Å². The van der Waals surface area contributed by atoms with E-state index in [1.807, 2.05) is 0 Å². The van der Waals surface area contributed by atoms with Crippen LogP contribution in [-0.2, 0) is 6.42 Å². The van der Waals surface area contributed by atoms with E-state index >= 15 is 0 Å². The monoisotopic (exact) mass is 287 g/mol. The minimum Gasteiger partial charge on any atom is -0.312 e. The maximum atomic E-state index is 13.4. The zero-order chi connectivity index (χ0) is 14.4. The minimum atomic E-state index is -0.336. The number of aromatic nitrogens is 3. The predicted octanol–water partition coefficient (Wildman–Crippen LogP) is 0.764. The number of hydrogen-bond acceptors (Lipinski definition) is 4. The summed E-state index contributed by atoms with van der Waals surface area (Å²) < 4.78 is 15.1. The Morgan fingerprint density at radius 2 is 2.24 bits per heavy atom. The van der Waals surface area contributed by atoms with E-state index in [4.69, 9.17) is 0 Å². The maximum Gasteiger partial charge on any atom is 0.280 e. The van der Waals surface area contributed by atoms with Gasteiger partial charge < -0.3 is 10.2 Å². The van der Waals surface area contributed by atoms with Gasteiger partial charge in [-0.25, -0.2) is 9.07 Å². The summed E-state index contributed by atoms with van der Waals surface area (Å²) in [6.07, 6.45) is 2.41. The van der Waals surface area contributed by atoms with E-state index in [2.05, 4.69) is 15.6 Å². The molecule has 0 saturated carbocycles. The molecule has 108 valence electrons. The van der Waals surface area contributed by atoms with E-state index in [1.54, 1.807) is 21.8 Å². The van der Waals surface area contributed by atoms with E-state index < -0.39 is 0 Å². The molecule has 1 amide bonds. The van der Waals surface area contributed by atoms with Gasteiger partial charge in [-0.3, -0.25) is 4.79 Å². The molecule has 0 atom stereocenters. The molecule has 0 bridgehead atoms. The highest BCUT2D eigenvalue weighted by Gasteiger charge is 2.29. The van der Waals surface area contributed by atoms with Crippen LogP contribution in [0.15, 0.2) is 24.4 Å². The van der Waals surface area contributed by atoms with Crippen molar-refractivity contribution in [2.75, 3.05) is 24.5 Å². The van der Waals surface area contributed by atoms with Crippen molar-refractivity contribution in [2.45, 2.75) is 12.5 Å². The van der Waals surface area contributed by atoms with Crippen LogP contribution in [0.3, 0.4) is 0 Å². The fourth-order valence-corrected chi connectivity index (χ4v) is 2.72. The van der Waals surface area contributed by atoms with Crippen LogP contribution < -0.4 is 10.2 Å². The lowest BCUT2D eigenvalue weighted by Gasteiger charge is -2.26. The van der Waals surface area contributed by atoms with Gasteiger partial charge in [-0.05, 0) is 24.1 Å². The average molecular weight is 287 g/mol. The lowest BCUT2D eigenvalue weighted by atomic mass is 10.1. The van der Waals surface area contributed by atoms with Crippen LogP contribution in [0.1, 0.15) is 22.1 Å². The summed E-state index contributed by atoms with van der Waals surface area (Å²) in [5.74, 6) is -0.560. The molecule has 1 saturated heterocycles. The van der Waals surface area contributed by atoms with Gasteiger partial charge in [-0.15, -0.1) is 5.10 Å². The summed E-state index contributed by atoms with van der Waals surface area (Å²) in [6.45, 7) is 2.24. The number of rotatable bonds is 2. The molecule has 21 heavy (non-hydrogen) atoms. The molecular formula is C14H14FN5O. The van der Waals surface area contributed by atoms with Crippen LogP contribution in [0.2, 0.25) is 0 Å². The van der Waals surface area contributed by atoms with Gasteiger partial charge in [0.2, 0.25) is 0 Å². The van der Waals surface area contributed by atoms with Gasteiger partial charge in [0.1, 0.15) is 5.82 Å². The second kappa shape index (κ2) is 4.63. The lowest BCUT2D eigenvalue weighted by molar-refractivity contribution is 0.0984. The second-order valence-corrected chi connectivity index (χ2v) is 5.38. The van der Waals surface area contributed by atoms with Crippen LogP contribution in [0.25, 0.3) is 0 Å². The zero-order valence-electron chi connectivity index (χ0n) is 11.3. The van der Waals surface area contributed by atoms with E-state index in [9.17, 15) is 9.18 Å². The number of carbonyl (C=O) groups is 1. The molecule has 1 aromatic carbocycles. The van der Waals surface area contributed by atoms with E-state index in [0.29, 0.717) is 17.9 Å². The maximum absolute atomic E-state index is 13.4. The molecule has 0 unspecified atom stereocenters. The first-order valence-corrected chi connectivity index (χ1v) is 6.95. The van der Waals surface area contributed by atoms with E-state index in [1.165, 1.54) is 12.1 Å². The second-order valence-electron chi connectivity index (χ2n) is 5.38. The minimum absolute atomic E-state index is 0.224. The molecule has 1 fully saturated rings. The molecule has 0 spiro atoms. The first-order chi connectivity index (χ1) is 10.2. The molecule has 0 radical (unpaired) electrons. The van der Waals surface area contributed by atoms with Crippen molar-refractivity contribution >= 4 is 11.6 Å². The topological polar surface area (TPSA) is 63.1 Å². The SMILES string of the molecule is O=C(c1cn(C2CNC2)nn1)N1CCc2ccc(F)cc21. The Balaban J connectivity index is 1.61. The van der Waals surface area contributed by atoms with Crippen molar-refractivity contribution < 1.29 is 9.18 Å². The van der Waals surface area contributed by atoms with Gasteiger partial charge in [-0.1, -0.05) is 11.3 Å². The van der Waals surface area contributed by atoms with Gasteiger partial charge in [0.05, 0.1) is 17.9 Å². The molecule has 2 aliphatic heterocycles. The summed E-state index contributed by atoms with van der Waals surface area (Å²) >= 11 is 0. The van der Waals surface area contributed by atoms with Crippen LogP contribution in [0.4, 0.5) is 10.1 Å². The van der Waals surface area contributed by atoms with Crippen LogP contribution in [0.5, 0.6) is 0 Å². The summed E-state index contributed by atoms with van der Waals surface area (Å²) in [7, 11) is 0. The fourth-order valence-electron chi connectivity index (χ4n) is 2.72. The zero-order valence-corrected chi connectivity index (χ0v) is 11.3. The van der Waals surface area contributed by atoms with Gasteiger partial charge >= 0.3 is 0 Å². The van der Waals surface area contributed by atoms with E-state index in [-0.39, 0.29) is 17.8 Å².